The van der Waals surface area contributed by atoms with Gasteiger partial charge in [-0.25, -0.2) is 0 Å². The van der Waals surface area contributed by atoms with Crippen LogP contribution in [0.15, 0.2) is 18.2 Å². The number of piperazine rings is 1. The molecule has 2 aliphatic heterocycles. The van der Waals surface area contributed by atoms with Crippen LogP contribution in [0.5, 0.6) is 11.5 Å². The zero-order chi connectivity index (χ0) is 15.4. The first kappa shape index (κ1) is 15.2. The molecule has 1 aromatic carbocycles. The van der Waals surface area contributed by atoms with E-state index in [0.29, 0.717) is 19.6 Å². The highest BCUT2D eigenvalue weighted by Crippen LogP contribution is 2.30. The third-order valence-corrected chi connectivity index (χ3v) is 4.26. The van der Waals surface area contributed by atoms with Crippen LogP contribution in [0.4, 0.5) is 0 Å². The van der Waals surface area contributed by atoms with E-state index in [-0.39, 0.29) is 11.9 Å². The SMILES string of the molecule is C[C@H]1CNCCN1C(=O)CCc1ccc2c(c1)OCCCO2. The number of nitrogens with one attached hydrogen (secondary N) is 1. The second-order valence-corrected chi connectivity index (χ2v) is 5.97. The van der Waals surface area contributed by atoms with Gasteiger partial charge < -0.3 is 19.7 Å². The molecule has 0 aliphatic carbocycles. The summed E-state index contributed by atoms with van der Waals surface area (Å²) in [6.07, 6.45) is 2.19. The van der Waals surface area contributed by atoms with E-state index >= 15 is 0 Å². The minimum absolute atomic E-state index is 0.237. The number of ether oxygens (including phenoxy) is 2. The van der Waals surface area contributed by atoms with E-state index in [4.69, 9.17) is 9.47 Å². The van der Waals surface area contributed by atoms with Gasteiger partial charge in [-0.3, -0.25) is 4.79 Å². The van der Waals surface area contributed by atoms with E-state index in [2.05, 4.69) is 12.2 Å². The van der Waals surface area contributed by atoms with Crippen LogP contribution in [-0.4, -0.2) is 49.7 Å². The number of carbonyl (C=O) groups is 1. The second kappa shape index (κ2) is 7.01. The Balaban J connectivity index is 1.59. The zero-order valence-corrected chi connectivity index (χ0v) is 13.1. The van der Waals surface area contributed by atoms with E-state index in [0.717, 1.165) is 49.5 Å². The van der Waals surface area contributed by atoms with E-state index in [1.165, 1.54) is 0 Å². The largest absolute Gasteiger partial charge is 0.490 e. The van der Waals surface area contributed by atoms with Crippen LogP contribution in [0, 0.1) is 0 Å². The van der Waals surface area contributed by atoms with Gasteiger partial charge in [-0.15, -0.1) is 0 Å². The van der Waals surface area contributed by atoms with Crippen molar-refractivity contribution in [2.45, 2.75) is 32.2 Å². The molecule has 22 heavy (non-hydrogen) atoms. The topological polar surface area (TPSA) is 50.8 Å². The molecule has 1 fully saturated rings. The van der Waals surface area contributed by atoms with Gasteiger partial charge in [-0.05, 0) is 31.0 Å². The average molecular weight is 304 g/mol. The van der Waals surface area contributed by atoms with Gasteiger partial charge in [0.15, 0.2) is 11.5 Å². The fourth-order valence-corrected chi connectivity index (χ4v) is 2.97. The number of amides is 1. The second-order valence-electron chi connectivity index (χ2n) is 5.97. The number of benzene rings is 1. The normalized spacial score (nSPS) is 21.3. The quantitative estimate of drug-likeness (QED) is 0.921. The molecule has 0 bridgehead atoms. The van der Waals surface area contributed by atoms with Gasteiger partial charge in [0.1, 0.15) is 0 Å². The van der Waals surface area contributed by atoms with Gasteiger partial charge >= 0.3 is 0 Å². The molecule has 1 N–H and O–H groups in total. The number of nitrogens with zero attached hydrogens (tertiary/aromatic N) is 1. The molecule has 5 nitrogen and oxygen atoms in total. The lowest BCUT2D eigenvalue weighted by atomic mass is 10.1. The molecular weight excluding hydrogens is 280 g/mol. The van der Waals surface area contributed by atoms with Crippen LogP contribution in [0.25, 0.3) is 0 Å². The first-order chi connectivity index (χ1) is 10.7. The molecule has 120 valence electrons. The lowest BCUT2D eigenvalue weighted by molar-refractivity contribution is -0.133. The number of aryl methyl sites for hydroxylation is 1. The van der Waals surface area contributed by atoms with Gasteiger partial charge in [-0.2, -0.15) is 0 Å². The van der Waals surface area contributed by atoms with Crippen LogP contribution in [-0.2, 0) is 11.2 Å². The van der Waals surface area contributed by atoms with Crippen molar-refractivity contribution < 1.29 is 14.3 Å². The fourth-order valence-electron chi connectivity index (χ4n) is 2.97. The molecule has 2 heterocycles. The fraction of sp³-hybridized carbons (Fsp3) is 0.588. The van der Waals surface area contributed by atoms with Crippen LogP contribution in [0.1, 0.15) is 25.3 Å². The Morgan fingerprint density at radius 1 is 1.32 bits per heavy atom. The molecule has 0 spiro atoms. The van der Waals surface area contributed by atoms with Crippen molar-refractivity contribution in [3.8, 4) is 11.5 Å². The predicted molar refractivity (Wildman–Crippen MR) is 84.4 cm³/mol. The molecule has 1 amide bonds. The molecule has 1 aromatic rings. The Kier molecular flexibility index (Phi) is 4.83. The van der Waals surface area contributed by atoms with Crippen LogP contribution in [0.2, 0.25) is 0 Å². The highest BCUT2D eigenvalue weighted by atomic mass is 16.5. The third-order valence-electron chi connectivity index (χ3n) is 4.26. The van der Waals surface area contributed by atoms with Crippen LogP contribution >= 0.6 is 0 Å². The molecule has 5 heteroatoms. The minimum Gasteiger partial charge on any atom is -0.490 e. The molecule has 1 atom stereocenters. The predicted octanol–water partition coefficient (Wildman–Crippen LogP) is 1.60. The van der Waals surface area contributed by atoms with E-state index < -0.39 is 0 Å². The first-order valence-corrected chi connectivity index (χ1v) is 8.13. The maximum absolute atomic E-state index is 12.4. The summed E-state index contributed by atoms with van der Waals surface area (Å²) in [5.74, 6) is 1.85. The summed E-state index contributed by atoms with van der Waals surface area (Å²) in [7, 11) is 0. The van der Waals surface area contributed by atoms with Crippen molar-refractivity contribution in [3.05, 3.63) is 23.8 Å². The number of rotatable bonds is 3. The van der Waals surface area contributed by atoms with Crippen molar-refractivity contribution in [1.82, 2.24) is 10.2 Å². The van der Waals surface area contributed by atoms with Gasteiger partial charge in [0.05, 0.1) is 13.2 Å². The molecule has 0 radical (unpaired) electrons. The first-order valence-electron chi connectivity index (χ1n) is 8.13. The minimum atomic E-state index is 0.237. The van der Waals surface area contributed by atoms with E-state index in [9.17, 15) is 4.79 Å². The van der Waals surface area contributed by atoms with Crippen molar-refractivity contribution in [3.63, 3.8) is 0 Å². The molecule has 3 rings (SSSR count). The van der Waals surface area contributed by atoms with Gasteiger partial charge in [0.2, 0.25) is 5.91 Å². The number of hydrogen-bond donors (Lipinski definition) is 1. The Hall–Kier alpha value is -1.75. The lowest BCUT2D eigenvalue weighted by Gasteiger charge is -2.34. The third kappa shape index (κ3) is 3.53. The number of carbonyl (C=O) groups excluding carboxylic acids is 1. The highest BCUT2D eigenvalue weighted by Gasteiger charge is 2.22. The Morgan fingerprint density at radius 2 is 2.14 bits per heavy atom. The lowest BCUT2D eigenvalue weighted by Crippen LogP contribution is -2.52. The average Bonchev–Trinajstić information content (AvgIpc) is 2.78. The molecule has 1 saturated heterocycles. The Bertz CT molecular complexity index is 533. The maximum atomic E-state index is 12.4. The van der Waals surface area contributed by atoms with E-state index in [1.807, 2.05) is 23.1 Å². The Morgan fingerprint density at radius 3 is 2.95 bits per heavy atom. The van der Waals surface area contributed by atoms with Gasteiger partial charge in [-0.1, -0.05) is 6.07 Å². The molecule has 0 aromatic heterocycles. The summed E-state index contributed by atoms with van der Waals surface area (Å²) in [5.41, 5.74) is 1.13. The van der Waals surface area contributed by atoms with E-state index in [1.54, 1.807) is 0 Å². The molecular formula is C17H24N2O3. The molecule has 2 aliphatic rings. The van der Waals surface area contributed by atoms with Crippen molar-refractivity contribution in [1.29, 1.82) is 0 Å². The summed E-state index contributed by atoms with van der Waals surface area (Å²) >= 11 is 0. The summed E-state index contributed by atoms with van der Waals surface area (Å²) in [6, 6.07) is 6.27. The van der Waals surface area contributed by atoms with Crippen LogP contribution < -0.4 is 14.8 Å². The summed E-state index contributed by atoms with van der Waals surface area (Å²) in [5, 5.41) is 3.31. The van der Waals surface area contributed by atoms with Crippen molar-refractivity contribution in [2.75, 3.05) is 32.8 Å². The number of fused-ring (bicyclic) bond motifs is 1. The number of hydrogen-bond acceptors (Lipinski definition) is 4. The summed E-state index contributed by atoms with van der Waals surface area (Å²) in [6.45, 7) is 6.06. The van der Waals surface area contributed by atoms with Crippen molar-refractivity contribution in [2.24, 2.45) is 0 Å². The summed E-state index contributed by atoms with van der Waals surface area (Å²) in [4.78, 5) is 14.4. The standard InChI is InChI=1S/C17H24N2O3/c1-13-12-18-7-8-19(13)17(20)6-4-14-3-5-15-16(11-14)22-10-2-9-21-15/h3,5,11,13,18H,2,4,6-10,12H2,1H3/t13-/m0/s1. The van der Waals surface area contributed by atoms with Crippen LogP contribution in [0.3, 0.4) is 0 Å². The van der Waals surface area contributed by atoms with Gasteiger partial charge in [0.25, 0.3) is 0 Å². The molecule has 0 saturated carbocycles. The van der Waals surface area contributed by atoms with Crippen molar-refractivity contribution >= 4 is 5.91 Å². The molecule has 0 unspecified atom stereocenters. The monoisotopic (exact) mass is 304 g/mol. The van der Waals surface area contributed by atoms with Gasteiger partial charge in [0, 0.05) is 38.5 Å². The highest BCUT2D eigenvalue weighted by molar-refractivity contribution is 5.77. The Labute approximate surface area is 131 Å². The summed E-state index contributed by atoms with van der Waals surface area (Å²) < 4.78 is 11.3. The smallest absolute Gasteiger partial charge is 0.223 e. The maximum Gasteiger partial charge on any atom is 0.223 e. The zero-order valence-electron chi connectivity index (χ0n) is 13.1.